The minimum atomic E-state index is -0.729. The van der Waals surface area contributed by atoms with Crippen LogP contribution in [-0.4, -0.2) is 11.7 Å². The lowest BCUT2D eigenvalue weighted by Crippen LogP contribution is -2.35. The van der Waals surface area contributed by atoms with Crippen LogP contribution < -0.4 is 5.32 Å². The van der Waals surface area contributed by atoms with Crippen molar-refractivity contribution in [3.05, 3.63) is 29.1 Å². The van der Waals surface area contributed by atoms with Gasteiger partial charge in [-0.15, -0.1) is 0 Å². The van der Waals surface area contributed by atoms with Gasteiger partial charge in [0.05, 0.1) is 11.6 Å². The summed E-state index contributed by atoms with van der Waals surface area (Å²) in [6.07, 6.45) is 0.863. The van der Waals surface area contributed by atoms with Crippen molar-refractivity contribution in [1.29, 1.82) is 5.26 Å². The Labute approximate surface area is 80.8 Å². The van der Waals surface area contributed by atoms with Crippen LogP contribution in [0.3, 0.4) is 0 Å². The van der Waals surface area contributed by atoms with Crippen molar-refractivity contribution < 1.29 is 9.50 Å². The standard InChI is InChI=1S/C10H9FN2O/c11-8-4-6(5-12)3-7(10(8)14)9-1-2-13-9/h3-4,9,13-14H,1-2H2/t9-/m1/s1. The lowest BCUT2D eigenvalue weighted by atomic mass is 9.95. The fourth-order valence-electron chi connectivity index (χ4n) is 1.50. The average molecular weight is 192 g/mol. The molecule has 1 atom stereocenters. The molecule has 0 spiro atoms. The third-order valence-corrected chi connectivity index (χ3v) is 2.42. The van der Waals surface area contributed by atoms with Crippen LogP contribution in [0.2, 0.25) is 0 Å². The number of aromatic hydroxyl groups is 1. The number of nitrogens with zero attached hydrogens (tertiary/aromatic N) is 1. The lowest BCUT2D eigenvalue weighted by molar-refractivity contribution is 0.354. The van der Waals surface area contributed by atoms with Crippen LogP contribution in [0.25, 0.3) is 0 Å². The summed E-state index contributed by atoms with van der Waals surface area (Å²) in [7, 11) is 0. The first-order valence-electron chi connectivity index (χ1n) is 4.38. The van der Waals surface area contributed by atoms with Gasteiger partial charge in [0.15, 0.2) is 11.6 Å². The Bertz CT molecular complexity index is 407. The summed E-state index contributed by atoms with van der Waals surface area (Å²) < 4.78 is 13.1. The molecule has 2 N–H and O–H groups in total. The zero-order valence-corrected chi connectivity index (χ0v) is 7.42. The van der Waals surface area contributed by atoms with E-state index in [9.17, 15) is 9.50 Å². The van der Waals surface area contributed by atoms with Gasteiger partial charge in [-0.2, -0.15) is 5.26 Å². The molecule has 0 amide bonds. The minimum Gasteiger partial charge on any atom is -0.505 e. The predicted molar refractivity (Wildman–Crippen MR) is 48.1 cm³/mol. The van der Waals surface area contributed by atoms with Crippen LogP contribution in [0.15, 0.2) is 12.1 Å². The zero-order valence-electron chi connectivity index (χ0n) is 7.42. The van der Waals surface area contributed by atoms with Crippen LogP contribution in [0.5, 0.6) is 5.75 Å². The Hall–Kier alpha value is -1.60. The van der Waals surface area contributed by atoms with E-state index >= 15 is 0 Å². The van der Waals surface area contributed by atoms with Crippen molar-refractivity contribution in [3.63, 3.8) is 0 Å². The molecule has 0 saturated carbocycles. The first-order valence-corrected chi connectivity index (χ1v) is 4.38. The maximum atomic E-state index is 13.1. The highest BCUT2D eigenvalue weighted by molar-refractivity contribution is 5.44. The van der Waals surface area contributed by atoms with Crippen molar-refractivity contribution in [2.24, 2.45) is 0 Å². The Kier molecular flexibility index (Phi) is 2.10. The SMILES string of the molecule is N#Cc1cc(F)c(O)c([C@H]2CCN2)c1. The fraction of sp³-hybridized carbons (Fsp3) is 0.300. The van der Waals surface area contributed by atoms with Crippen molar-refractivity contribution in [1.82, 2.24) is 5.32 Å². The van der Waals surface area contributed by atoms with Gasteiger partial charge in [0.1, 0.15) is 0 Å². The second-order valence-corrected chi connectivity index (χ2v) is 3.30. The maximum absolute atomic E-state index is 13.1. The number of hydrogen-bond acceptors (Lipinski definition) is 3. The van der Waals surface area contributed by atoms with Gasteiger partial charge >= 0.3 is 0 Å². The number of nitriles is 1. The topological polar surface area (TPSA) is 56.0 Å². The van der Waals surface area contributed by atoms with Crippen molar-refractivity contribution in [2.75, 3.05) is 6.54 Å². The lowest BCUT2D eigenvalue weighted by Gasteiger charge is -2.28. The summed E-state index contributed by atoms with van der Waals surface area (Å²) in [5.74, 6) is -1.08. The normalized spacial score (nSPS) is 19.9. The van der Waals surface area contributed by atoms with E-state index in [-0.39, 0.29) is 17.4 Å². The van der Waals surface area contributed by atoms with Gasteiger partial charge in [-0.25, -0.2) is 4.39 Å². The van der Waals surface area contributed by atoms with Gasteiger partial charge in [-0.05, 0) is 25.1 Å². The Morgan fingerprint density at radius 3 is 2.79 bits per heavy atom. The van der Waals surface area contributed by atoms with Gasteiger partial charge in [0, 0.05) is 11.6 Å². The Morgan fingerprint density at radius 1 is 1.57 bits per heavy atom. The summed E-state index contributed by atoms with van der Waals surface area (Å²) in [6.45, 7) is 0.864. The molecule has 1 aliphatic heterocycles. The van der Waals surface area contributed by atoms with E-state index in [1.807, 2.05) is 6.07 Å². The molecule has 0 aromatic heterocycles. The van der Waals surface area contributed by atoms with E-state index in [0.29, 0.717) is 5.56 Å². The van der Waals surface area contributed by atoms with Gasteiger partial charge in [-0.1, -0.05) is 0 Å². The van der Waals surface area contributed by atoms with Crippen molar-refractivity contribution in [2.45, 2.75) is 12.5 Å². The van der Waals surface area contributed by atoms with Gasteiger partial charge in [-0.3, -0.25) is 0 Å². The molecule has 0 unspecified atom stereocenters. The number of nitrogens with one attached hydrogen (secondary N) is 1. The molecule has 3 nitrogen and oxygen atoms in total. The largest absolute Gasteiger partial charge is 0.505 e. The molecule has 1 aromatic carbocycles. The highest BCUT2D eigenvalue weighted by atomic mass is 19.1. The molecular weight excluding hydrogens is 183 g/mol. The number of phenols is 1. The van der Waals surface area contributed by atoms with Gasteiger partial charge < -0.3 is 10.4 Å². The van der Waals surface area contributed by atoms with Crippen LogP contribution in [0.1, 0.15) is 23.6 Å². The van der Waals surface area contributed by atoms with Gasteiger partial charge in [0.25, 0.3) is 0 Å². The summed E-state index contributed by atoms with van der Waals surface area (Å²) in [4.78, 5) is 0. The van der Waals surface area contributed by atoms with E-state index in [4.69, 9.17) is 5.26 Å². The molecule has 4 heteroatoms. The highest BCUT2D eigenvalue weighted by Crippen LogP contribution is 2.32. The summed E-state index contributed by atoms with van der Waals surface area (Å²) >= 11 is 0. The van der Waals surface area contributed by atoms with E-state index < -0.39 is 5.82 Å². The molecular formula is C10H9FN2O. The zero-order chi connectivity index (χ0) is 10.1. The van der Waals surface area contributed by atoms with E-state index in [2.05, 4.69) is 5.32 Å². The third kappa shape index (κ3) is 1.32. The number of halogens is 1. The molecule has 1 heterocycles. The number of benzene rings is 1. The molecule has 0 bridgehead atoms. The highest BCUT2D eigenvalue weighted by Gasteiger charge is 2.23. The number of rotatable bonds is 1. The Balaban J connectivity index is 2.47. The maximum Gasteiger partial charge on any atom is 0.166 e. The first kappa shape index (κ1) is 8.97. The summed E-state index contributed by atoms with van der Waals surface area (Å²) in [5, 5.41) is 21.1. The molecule has 2 rings (SSSR count). The number of hydrogen-bond donors (Lipinski definition) is 2. The molecule has 1 saturated heterocycles. The van der Waals surface area contributed by atoms with Crippen LogP contribution in [0, 0.1) is 17.1 Å². The minimum absolute atomic E-state index is 0.0159. The summed E-state index contributed by atoms with van der Waals surface area (Å²) in [5.41, 5.74) is 0.719. The van der Waals surface area contributed by atoms with Crippen molar-refractivity contribution >= 4 is 0 Å². The summed E-state index contributed by atoms with van der Waals surface area (Å²) in [6, 6.07) is 4.41. The average Bonchev–Trinajstić information content (AvgIpc) is 2.09. The van der Waals surface area contributed by atoms with Crippen molar-refractivity contribution in [3.8, 4) is 11.8 Å². The Morgan fingerprint density at radius 2 is 2.29 bits per heavy atom. The monoisotopic (exact) mass is 192 g/mol. The second-order valence-electron chi connectivity index (χ2n) is 3.30. The van der Waals surface area contributed by atoms with Gasteiger partial charge in [0.2, 0.25) is 0 Å². The van der Waals surface area contributed by atoms with Crippen LogP contribution in [-0.2, 0) is 0 Å². The van der Waals surface area contributed by atoms with E-state index in [0.717, 1.165) is 19.0 Å². The van der Waals surface area contributed by atoms with E-state index in [1.54, 1.807) is 0 Å². The molecule has 1 fully saturated rings. The van der Waals surface area contributed by atoms with E-state index in [1.165, 1.54) is 6.07 Å². The van der Waals surface area contributed by atoms with Crippen LogP contribution in [0.4, 0.5) is 4.39 Å². The molecule has 0 radical (unpaired) electrons. The fourth-order valence-corrected chi connectivity index (χ4v) is 1.50. The smallest absolute Gasteiger partial charge is 0.166 e. The molecule has 72 valence electrons. The third-order valence-electron chi connectivity index (χ3n) is 2.42. The predicted octanol–water partition coefficient (Wildman–Crippen LogP) is 1.44. The molecule has 1 aromatic rings. The second kappa shape index (κ2) is 3.28. The number of phenolic OH excluding ortho intramolecular Hbond substituents is 1. The molecule has 1 aliphatic rings. The quantitative estimate of drug-likeness (QED) is 0.707. The molecule has 14 heavy (non-hydrogen) atoms. The first-order chi connectivity index (χ1) is 6.72. The van der Waals surface area contributed by atoms with Crippen LogP contribution >= 0.6 is 0 Å². The molecule has 0 aliphatic carbocycles.